The van der Waals surface area contributed by atoms with Gasteiger partial charge >= 0.3 is 12.4 Å². The van der Waals surface area contributed by atoms with Crippen molar-refractivity contribution in [1.29, 1.82) is 0 Å². The predicted molar refractivity (Wildman–Crippen MR) is 94.7 cm³/mol. The summed E-state index contributed by atoms with van der Waals surface area (Å²) in [4.78, 5) is 4.12. The largest absolute Gasteiger partial charge is 0.435 e. The molecule has 10 heteroatoms. The highest BCUT2D eigenvalue weighted by atomic mass is 19.4. The van der Waals surface area contributed by atoms with E-state index >= 15 is 0 Å². The van der Waals surface area contributed by atoms with Gasteiger partial charge in [0.05, 0.1) is 5.56 Å². The number of aryl methyl sites for hydroxylation is 2. The van der Waals surface area contributed by atoms with E-state index in [2.05, 4.69) is 21.9 Å². The number of benzene rings is 1. The minimum Gasteiger partial charge on any atom is -0.421 e. The molecule has 3 rings (SSSR count). The second-order valence-electron chi connectivity index (χ2n) is 6.28. The Labute approximate surface area is 167 Å². The topological polar surface area (TPSA) is 39.9 Å². The first-order valence-corrected chi connectivity index (χ1v) is 8.39. The van der Waals surface area contributed by atoms with Crippen molar-refractivity contribution in [1.82, 2.24) is 14.8 Å². The van der Waals surface area contributed by atoms with Crippen LogP contribution in [0.4, 0.5) is 26.3 Å². The molecular formula is C20H13F6N3O. The third kappa shape index (κ3) is 5.11. The molecule has 0 saturated heterocycles. The maximum Gasteiger partial charge on any atom is 0.435 e. The predicted octanol–water partition coefficient (Wildman–Crippen LogP) is 5.35. The van der Waals surface area contributed by atoms with Crippen LogP contribution in [0.15, 0.2) is 42.5 Å². The number of hydrogen-bond donors (Lipinski definition) is 0. The van der Waals surface area contributed by atoms with Gasteiger partial charge in [-0.25, -0.2) is 9.67 Å². The zero-order valence-electron chi connectivity index (χ0n) is 15.6. The summed E-state index contributed by atoms with van der Waals surface area (Å²) >= 11 is 0. The van der Waals surface area contributed by atoms with Crippen LogP contribution in [0.25, 0.3) is 0 Å². The molecule has 30 heavy (non-hydrogen) atoms. The van der Waals surface area contributed by atoms with E-state index in [1.165, 1.54) is 25.2 Å². The van der Waals surface area contributed by atoms with Crippen molar-refractivity contribution >= 4 is 0 Å². The Morgan fingerprint density at radius 3 is 2.13 bits per heavy atom. The van der Waals surface area contributed by atoms with E-state index in [0.29, 0.717) is 11.1 Å². The Morgan fingerprint density at radius 2 is 1.57 bits per heavy atom. The molecule has 0 fully saturated rings. The van der Waals surface area contributed by atoms with Gasteiger partial charge < -0.3 is 4.74 Å². The van der Waals surface area contributed by atoms with Crippen molar-refractivity contribution < 1.29 is 31.1 Å². The number of pyridine rings is 1. The third-order valence-corrected chi connectivity index (χ3v) is 3.83. The van der Waals surface area contributed by atoms with Crippen molar-refractivity contribution in [2.75, 3.05) is 0 Å². The van der Waals surface area contributed by atoms with Crippen molar-refractivity contribution in [3.8, 4) is 23.6 Å². The van der Waals surface area contributed by atoms with Gasteiger partial charge in [0, 0.05) is 24.7 Å². The average molecular weight is 425 g/mol. The number of alkyl halides is 6. The van der Waals surface area contributed by atoms with Crippen LogP contribution in [-0.2, 0) is 19.4 Å². The molecule has 156 valence electrons. The van der Waals surface area contributed by atoms with Crippen LogP contribution < -0.4 is 4.74 Å². The van der Waals surface area contributed by atoms with Crippen LogP contribution in [0.2, 0.25) is 0 Å². The van der Waals surface area contributed by atoms with E-state index in [4.69, 9.17) is 4.74 Å². The molecule has 0 unspecified atom stereocenters. The molecule has 0 amide bonds. The first-order chi connectivity index (χ1) is 13.9. The summed E-state index contributed by atoms with van der Waals surface area (Å²) in [5, 5.41) is 3.35. The molecule has 3 aromatic rings. The fraction of sp³-hybridized carbons (Fsp3) is 0.200. The molecule has 0 bridgehead atoms. The fourth-order valence-corrected chi connectivity index (χ4v) is 2.42. The van der Waals surface area contributed by atoms with Gasteiger partial charge in [0.2, 0.25) is 11.8 Å². The van der Waals surface area contributed by atoms with Crippen LogP contribution >= 0.6 is 0 Å². The minimum atomic E-state index is -4.61. The maximum atomic E-state index is 12.8. The molecule has 0 radical (unpaired) electrons. The Hall–Kier alpha value is -3.48. The van der Waals surface area contributed by atoms with Gasteiger partial charge in [-0.2, -0.15) is 31.4 Å². The Bertz CT molecular complexity index is 1120. The Kier molecular flexibility index (Phi) is 5.48. The third-order valence-electron chi connectivity index (χ3n) is 3.83. The number of rotatable bonds is 2. The maximum absolute atomic E-state index is 12.8. The van der Waals surface area contributed by atoms with Gasteiger partial charge in [-0.1, -0.05) is 5.92 Å². The average Bonchev–Trinajstić information content (AvgIpc) is 3.00. The monoisotopic (exact) mass is 425 g/mol. The van der Waals surface area contributed by atoms with E-state index < -0.39 is 23.6 Å². The summed E-state index contributed by atoms with van der Waals surface area (Å²) in [5.41, 5.74) is -0.630. The van der Waals surface area contributed by atoms with E-state index in [1.54, 1.807) is 13.0 Å². The van der Waals surface area contributed by atoms with Crippen LogP contribution in [0.3, 0.4) is 0 Å². The van der Waals surface area contributed by atoms with Gasteiger partial charge in [-0.15, -0.1) is 0 Å². The number of nitrogens with zero attached hydrogens (tertiary/aromatic N) is 3. The number of aromatic nitrogens is 3. The molecule has 0 spiro atoms. The number of hydrogen-bond acceptors (Lipinski definition) is 3. The normalized spacial score (nSPS) is 11.7. The number of ether oxygens (including phenoxy) is 1. The molecule has 0 aliphatic carbocycles. The van der Waals surface area contributed by atoms with Gasteiger partial charge in [0.15, 0.2) is 5.69 Å². The summed E-state index contributed by atoms with van der Waals surface area (Å²) in [7, 11) is 1.30. The highest BCUT2D eigenvalue weighted by molar-refractivity contribution is 5.43. The lowest BCUT2D eigenvalue weighted by molar-refractivity contribution is -0.141. The van der Waals surface area contributed by atoms with E-state index in [-0.39, 0.29) is 17.5 Å². The summed E-state index contributed by atoms with van der Waals surface area (Å²) in [6.45, 7) is 1.71. The van der Waals surface area contributed by atoms with Gasteiger partial charge in [0.1, 0.15) is 5.69 Å². The zero-order chi connectivity index (χ0) is 22.1. The first kappa shape index (κ1) is 21.2. The Balaban J connectivity index is 1.83. The molecule has 2 heterocycles. The van der Waals surface area contributed by atoms with E-state index in [0.717, 1.165) is 22.9 Å². The summed E-state index contributed by atoms with van der Waals surface area (Å²) in [6, 6.07) is 8.16. The minimum absolute atomic E-state index is 0.00319. The van der Waals surface area contributed by atoms with Crippen LogP contribution in [0.1, 0.15) is 28.1 Å². The van der Waals surface area contributed by atoms with E-state index in [9.17, 15) is 26.3 Å². The second kappa shape index (κ2) is 7.74. The molecule has 0 atom stereocenters. The summed E-state index contributed by atoms with van der Waals surface area (Å²) in [5.74, 6) is 5.24. The van der Waals surface area contributed by atoms with Crippen LogP contribution in [0.5, 0.6) is 11.8 Å². The molecule has 2 aromatic heterocycles. The lowest BCUT2D eigenvalue weighted by Gasteiger charge is -2.06. The highest BCUT2D eigenvalue weighted by Gasteiger charge is 2.35. The number of halogens is 6. The quantitative estimate of drug-likeness (QED) is 0.410. The summed E-state index contributed by atoms with van der Waals surface area (Å²) < 4.78 is 82.5. The smallest absolute Gasteiger partial charge is 0.421 e. The van der Waals surface area contributed by atoms with Gasteiger partial charge in [-0.3, -0.25) is 0 Å². The molecule has 0 aliphatic heterocycles. The second-order valence-corrected chi connectivity index (χ2v) is 6.28. The Morgan fingerprint density at radius 1 is 0.900 bits per heavy atom. The van der Waals surface area contributed by atoms with E-state index in [1.807, 2.05) is 0 Å². The fourth-order valence-electron chi connectivity index (χ4n) is 2.42. The SMILES string of the molecule is Cc1cc(C#Cc2ccc(C(F)(F)F)cc2)nc(Oc2cc(C(F)(F)F)nn2C)c1. The molecule has 0 N–H and O–H groups in total. The standard InChI is InChI=1S/C20H13F6N3O/c1-12-9-15(8-5-13-3-6-14(7-4-13)19(21,22)23)27-17(10-12)30-18-11-16(20(24,25)26)28-29(18)2/h3-4,6-7,9-11H,1-2H3. The first-order valence-electron chi connectivity index (χ1n) is 8.39. The van der Waals surface area contributed by atoms with Crippen LogP contribution in [-0.4, -0.2) is 14.8 Å². The van der Waals surface area contributed by atoms with Crippen molar-refractivity contribution in [3.63, 3.8) is 0 Å². The van der Waals surface area contributed by atoms with Crippen molar-refractivity contribution in [3.05, 3.63) is 70.5 Å². The molecule has 1 aromatic carbocycles. The van der Waals surface area contributed by atoms with Crippen molar-refractivity contribution in [2.45, 2.75) is 19.3 Å². The molecule has 4 nitrogen and oxygen atoms in total. The molecular weight excluding hydrogens is 412 g/mol. The van der Waals surface area contributed by atoms with Crippen LogP contribution in [0, 0.1) is 18.8 Å². The van der Waals surface area contributed by atoms with Gasteiger partial charge in [0.25, 0.3) is 0 Å². The summed E-state index contributed by atoms with van der Waals surface area (Å²) in [6.07, 6.45) is -9.05. The molecule has 0 saturated carbocycles. The van der Waals surface area contributed by atoms with Gasteiger partial charge in [-0.05, 0) is 48.7 Å². The lowest BCUT2D eigenvalue weighted by Crippen LogP contribution is -2.06. The highest BCUT2D eigenvalue weighted by Crippen LogP contribution is 2.32. The van der Waals surface area contributed by atoms with Crippen molar-refractivity contribution in [2.24, 2.45) is 7.05 Å². The molecule has 0 aliphatic rings. The lowest BCUT2D eigenvalue weighted by atomic mass is 10.1. The zero-order valence-corrected chi connectivity index (χ0v) is 15.6.